The van der Waals surface area contributed by atoms with Crippen LogP contribution in [0.1, 0.15) is 28.1 Å². The van der Waals surface area contributed by atoms with Gasteiger partial charge in [-0.05, 0) is 56.1 Å². The van der Waals surface area contributed by atoms with E-state index >= 15 is 0 Å². The Balaban J connectivity index is 1.38. The summed E-state index contributed by atoms with van der Waals surface area (Å²) in [6.45, 7) is 6.39. The number of anilines is 1. The lowest BCUT2D eigenvalue weighted by atomic mass is 9.99. The number of carbonyl (C=O) groups is 2. The molecule has 0 spiro atoms. The molecule has 4 rings (SSSR count). The van der Waals surface area contributed by atoms with Gasteiger partial charge in [0.2, 0.25) is 12.2 Å². The predicted octanol–water partition coefficient (Wildman–Crippen LogP) is -0.806. The van der Waals surface area contributed by atoms with E-state index in [0.29, 0.717) is 18.8 Å². The fourth-order valence-corrected chi connectivity index (χ4v) is 5.81. The Kier molecular flexibility index (Phi) is 12.7. The minimum atomic E-state index is -1.63. The lowest BCUT2D eigenvalue weighted by Gasteiger charge is -2.39. The number of nitrogens with two attached hydrogens (primary N) is 1. The van der Waals surface area contributed by atoms with E-state index < -0.39 is 37.3 Å². The number of rotatable bonds is 14. The van der Waals surface area contributed by atoms with Crippen molar-refractivity contribution in [1.29, 1.82) is 0 Å². The van der Waals surface area contributed by atoms with Crippen LogP contribution in [-0.2, 0) is 16.0 Å². The molecule has 2 aromatic rings. The summed E-state index contributed by atoms with van der Waals surface area (Å²) in [6, 6.07) is 8.14. The van der Waals surface area contributed by atoms with Gasteiger partial charge in [-0.2, -0.15) is 0 Å². The summed E-state index contributed by atoms with van der Waals surface area (Å²) in [5.74, 6) is -0.586. The molecule has 8 N–H and O–H groups in total. The topological polar surface area (TPSA) is 190 Å². The molecule has 0 unspecified atom stereocenters. The van der Waals surface area contributed by atoms with Crippen LogP contribution in [0.4, 0.5) is 5.69 Å². The normalized spacial score (nSPS) is 24.9. The third-order valence-corrected chi connectivity index (χ3v) is 8.42. The number of hydrogen-bond donors (Lipinski definition) is 7. The molecule has 2 saturated heterocycles. The maximum absolute atomic E-state index is 13.1. The highest BCUT2D eigenvalue weighted by molar-refractivity contribution is 7.10. The zero-order chi connectivity index (χ0) is 30.8. The standard InChI is InChI=1S/C29H43N5O8S/c30-5-2-7-33-9-11-34(12-10-33)8-3-6-31-28(40)19-14-20(32-24(36)17-22-4-1-13-43-22)16-21(15-19)41-29-27(39)26(38)25(37)23(18-35)42-29/h1,4,13-16,23,25-27,29,35,37-39H,2-3,5-12,17-18,30H2,(H,31,40)(H,32,36)/t23-,25+,26+,27-,29+/m1/s1. The number of aliphatic hydroxyl groups is 4. The Morgan fingerprint density at radius 1 is 1.02 bits per heavy atom. The molecule has 0 aliphatic carbocycles. The quantitative estimate of drug-likeness (QED) is 0.131. The third kappa shape index (κ3) is 9.66. The number of amides is 2. The summed E-state index contributed by atoms with van der Waals surface area (Å²) in [5.41, 5.74) is 6.12. The molecule has 3 heterocycles. The molecular formula is C29H43N5O8S. The predicted molar refractivity (Wildman–Crippen MR) is 161 cm³/mol. The number of ether oxygens (including phenoxy) is 2. The van der Waals surface area contributed by atoms with E-state index in [-0.39, 0.29) is 29.5 Å². The first-order chi connectivity index (χ1) is 20.8. The van der Waals surface area contributed by atoms with Crippen molar-refractivity contribution in [2.45, 2.75) is 50.0 Å². The largest absolute Gasteiger partial charge is 0.462 e. The summed E-state index contributed by atoms with van der Waals surface area (Å²) in [7, 11) is 0. The van der Waals surface area contributed by atoms with Crippen LogP contribution in [0.15, 0.2) is 35.7 Å². The van der Waals surface area contributed by atoms with Crippen LogP contribution in [0.3, 0.4) is 0 Å². The molecule has 2 amide bonds. The van der Waals surface area contributed by atoms with Gasteiger partial charge in [-0.15, -0.1) is 11.3 Å². The number of nitrogens with zero attached hydrogens (tertiary/aromatic N) is 2. The van der Waals surface area contributed by atoms with Gasteiger partial charge in [0.25, 0.3) is 5.91 Å². The Bertz CT molecular complexity index is 1160. The molecule has 2 aliphatic heterocycles. The Morgan fingerprint density at radius 2 is 1.74 bits per heavy atom. The van der Waals surface area contributed by atoms with Crippen LogP contribution in [-0.4, -0.2) is 132 Å². The number of benzene rings is 1. The van der Waals surface area contributed by atoms with Crippen LogP contribution in [0, 0.1) is 0 Å². The van der Waals surface area contributed by atoms with Crippen molar-refractivity contribution >= 4 is 28.8 Å². The van der Waals surface area contributed by atoms with Crippen molar-refractivity contribution < 1.29 is 39.5 Å². The first kappa shape index (κ1) is 33.2. The van der Waals surface area contributed by atoms with Gasteiger partial charge in [-0.25, -0.2) is 0 Å². The van der Waals surface area contributed by atoms with Gasteiger partial charge in [-0.3, -0.25) is 9.59 Å². The summed E-state index contributed by atoms with van der Waals surface area (Å²) in [4.78, 5) is 31.5. The van der Waals surface area contributed by atoms with E-state index in [9.17, 15) is 30.0 Å². The van der Waals surface area contributed by atoms with E-state index in [1.807, 2.05) is 17.5 Å². The van der Waals surface area contributed by atoms with Crippen LogP contribution < -0.4 is 21.1 Å². The molecule has 0 bridgehead atoms. The smallest absolute Gasteiger partial charge is 0.251 e. The Labute approximate surface area is 255 Å². The van der Waals surface area contributed by atoms with Crippen LogP contribution in [0.5, 0.6) is 5.75 Å². The fraction of sp³-hybridized carbons (Fsp3) is 0.586. The van der Waals surface area contributed by atoms with Gasteiger partial charge in [0.05, 0.1) is 13.0 Å². The number of nitrogens with one attached hydrogen (secondary N) is 2. The highest BCUT2D eigenvalue weighted by Crippen LogP contribution is 2.28. The molecule has 43 heavy (non-hydrogen) atoms. The van der Waals surface area contributed by atoms with Crippen molar-refractivity contribution in [2.75, 3.05) is 64.3 Å². The zero-order valence-electron chi connectivity index (χ0n) is 24.1. The number of thiophene rings is 1. The van der Waals surface area contributed by atoms with Crippen LogP contribution in [0.2, 0.25) is 0 Å². The second-order valence-electron chi connectivity index (χ2n) is 10.8. The molecule has 1 aromatic heterocycles. The highest BCUT2D eigenvalue weighted by Gasteiger charge is 2.44. The SMILES string of the molecule is NCCCN1CCN(CCCNC(=O)c2cc(NC(=O)Cc3cccs3)cc(O[C@H]3O[C@H](CO)[C@H](O)[C@H](O)[C@H]3O)c2)CC1. The highest BCUT2D eigenvalue weighted by atomic mass is 32.1. The molecule has 13 nitrogen and oxygen atoms in total. The molecule has 5 atom stereocenters. The van der Waals surface area contributed by atoms with Gasteiger partial charge in [-0.1, -0.05) is 6.07 Å². The molecule has 0 radical (unpaired) electrons. The van der Waals surface area contributed by atoms with Gasteiger partial charge in [0.1, 0.15) is 30.2 Å². The molecule has 2 aliphatic rings. The third-order valence-electron chi connectivity index (χ3n) is 7.55. The van der Waals surface area contributed by atoms with Gasteiger partial charge >= 0.3 is 0 Å². The Hall–Kier alpha value is -2.66. The van der Waals surface area contributed by atoms with E-state index in [1.165, 1.54) is 29.5 Å². The second-order valence-corrected chi connectivity index (χ2v) is 11.8. The van der Waals surface area contributed by atoms with Crippen molar-refractivity contribution in [2.24, 2.45) is 5.73 Å². The van der Waals surface area contributed by atoms with Gasteiger partial charge < -0.3 is 56.1 Å². The van der Waals surface area contributed by atoms with Crippen LogP contribution in [0.25, 0.3) is 0 Å². The van der Waals surface area contributed by atoms with Gasteiger partial charge in [0, 0.05) is 54.9 Å². The van der Waals surface area contributed by atoms with E-state index in [4.69, 9.17) is 15.2 Å². The number of piperazine rings is 1. The number of carbonyl (C=O) groups excluding carboxylic acids is 2. The lowest BCUT2D eigenvalue weighted by molar-refractivity contribution is -0.277. The second kappa shape index (κ2) is 16.4. The molecule has 2 fully saturated rings. The van der Waals surface area contributed by atoms with E-state index in [1.54, 1.807) is 0 Å². The minimum absolute atomic E-state index is 0.0795. The molecule has 1 aromatic carbocycles. The Morgan fingerprint density at radius 3 is 2.40 bits per heavy atom. The fourth-order valence-electron chi connectivity index (χ4n) is 5.10. The average molecular weight is 622 g/mol. The van der Waals surface area contributed by atoms with E-state index in [0.717, 1.165) is 57.0 Å². The van der Waals surface area contributed by atoms with Crippen molar-refractivity contribution in [3.8, 4) is 5.75 Å². The molecule has 238 valence electrons. The summed E-state index contributed by atoms with van der Waals surface area (Å²) < 4.78 is 11.2. The summed E-state index contributed by atoms with van der Waals surface area (Å²) in [5, 5.41) is 47.7. The maximum atomic E-state index is 13.1. The van der Waals surface area contributed by atoms with Crippen LogP contribution >= 0.6 is 11.3 Å². The van der Waals surface area contributed by atoms with E-state index in [2.05, 4.69) is 20.4 Å². The number of aliphatic hydroxyl groups excluding tert-OH is 4. The zero-order valence-corrected chi connectivity index (χ0v) is 25.0. The lowest BCUT2D eigenvalue weighted by Crippen LogP contribution is -2.60. The monoisotopic (exact) mass is 621 g/mol. The molecular weight excluding hydrogens is 578 g/mol. The van der Waals surface area contributed by atoms with Crippen molar-refractivity contribution in [1.82, 2.24) is 15.1 Å². The molecule has 14 heteroatoms. The maximum Gasteiger partial charge on any atom is 0.251 e. The first-order valence-electron chi connectivity index (χ1n) is 14.6. The molecule has 0 saturated carbocycles. The summed E-state index contributed by atoms with van der Waals surface area (Å²) in [6.07, 6.45) is -5.48. The number of hydrogen-bond acceptors (Lipinski definition) is 12. The summed E-state index contributed by atoms with van der Waals surface area (Å²) >= 11 is 1.45. The van der Waals surface area contributed by atoms with Gasteiger partial charge in [0.15, 0.2) is 0 Å². The van der Waals surface area contributed by atoms with Crippen molar-refractivity contribution in [3.05, 3.63) is 46.2 Å². The first-order valence-corrected chi connectivity index (χ1v) is 15.5. The minimum Gasteiger partial charge on any atom is -0.462 e. The average Bonchev–Trinajstić information content (AvgIpc) is 3.51. The van der Waals surface area contributed by atoms with Crippen molar-refractivity contribution in [3.63, 3.8) is 0 Å².